The first kappa shape index (κ1) is 31.2. The molecule has 3 aromatic rings. The summed E-state index contributed by atoms with van der Waals surface area (Å²) in [5.74, 6) is 5.12. The second-order valence-electron chi connectivity index (χ2n) is 9.98. The molecule has 1 aromatic heterocycles. The van der Waals surface area contributed by atoms with Gasteiger partial charge in [-0.3, -0.25) is 0 Å². The Balaban J connectivity index is 1.61. The van der Waals surface area contributed by atoms with Crippen molar-refractivity contribution < 1.29 is 35.5 Å². The van der Waals surface area contributed by atoms with Gasteiger partial charge in [0.05, 0.1) is 40.0 Å². The first-order valence-electron chi connectivity index (χ1n) is 12.7. The van der Waals surface area contributed by atoms with E-state index in [9.17, 15) is 30.7 Å². The maximum atomic E-state index is 14.7. The normalized spacial score (nSPS) is 18.3. The highest BCUT2D eigenvalue weighted by atomic mass is 32.1. The molecule has 2 atom stereocenters. The van der Waals surface area contributed by atoms with Crippen LogP contribution in [0.5, 0.6) is 5.75 Å². The molecule has 1 aliphatic rings. The SMILES string of the molecule is CN1CC[C@H](Nc2cccc3c(CC(F)(F)F)c(C#CCNc4ccc(P(C)C)cc4OC(F)(F)F)sc23)[C@H](F)C1. The van der Waals surface area contributed by atoms with Gasteiger partial charge in [0.25, 0.3) is 0 Å². The van der Waals surface area contributed by atoms with E-state index in [2.05, 4.69) is 27.2 Å². The molecule has 0 saturated carbocycles. The van der Waals surface area contributed by atoms with Crippen molar-refractivity contribution in [2.75, 3.05) is 50.6 Å². The Labute approximate surface area is 239 Å². The van der Waals surface area contributed by atoms with Gasteiger partial charge in [-0.15, -0.1) is 24.5 Å². The van der Waals surface area contributed by atoms with Gasteiger partial charge in [-0.25, -0.2) is 4.39 Å². The third-order valence-electron chi connectivity index (χ3n) is 6.56. The third-order valence-corrected chi connectivity index (χ3v) is 9.06. The Morgan fingerprint density at radius 2 is 1.85 bits per heavy atom. The largest absolute Gasteiger partial charge is 0.573 e. The minimum atomic E-state index is -4.89. The van der Waals surface area contributed by atoms with E-state index < -0.39 is 44.8 Å². The summed E-state index contributed by atoms with van der Waals surface area (Å²) in [5.41, 5.74) is 0.619. The van der Waals surface area contributed by atoms with Gasteiger partial charge in [0.2, 0.25) is 0 Å². The zero-order valence-electron chi connectivity index (χ0n) is 22.5. The number of likely N-dealkylation sites (tertiary alicyclic amines) is 1. The van der Waals surface area contributed by atoms with Crippen LogP contribution >= 0.6 is 19.3 Å². The molecule has 2 heterocycles. The number of benzene rings is 2. The lowest BCUT2D eigenvalue weighted by atomic mass is 10.0. The van der Waals surface area contributed by atoms with E-state index in [1.807, 2.05) is 25.3 Å². The lowest BCUT2D eigenvalue weighted by molar-refractivity contribution is -0.274. The molecule has 41 heavy (non-hydrogen) atoms. The van der Waals surface area contributed by atoms with Crippen molar-refractivity contribution in [2.24, 2.45) is 0 Å². The number of anilines is 2. The molecule has 2 N–H and O–H groups in total. The smallest absolute Gasteiger partial charge is 0.404 e. The predicted octanol–water partition coefficient (Wildman–Crippen LogP) is 7.19. The first-order chi connectivity index (χ1) is 19.2. The number of nitrogens with one attached hydrogen (secondary N) is 2. The summed E-state index contributed by atoms with van der Waals surface area (Å²) in [6.07, 6.45) is -11.2. The molecule has 1 fully saturated rings. The fraction of sp³-hybridized carbons (Fsp3) is 0.429. The summed E-state index contributed by atoms with van der Waals surface area (Å²) in [6, 6.07) is 8.94. The van der Waals surface area contributed by atoms with Crippen LogP contribution in [-0.4, -0.2) is 69.7 Å². The topological polar surface area (TPSA) is 36.5 Å². The van der Waals surface area contributed by atoms with Crippen molar-refractivity contribution in [3.63, 3.8) is 0 Å². The highest BCUT2D eigenvalue weighted by Crippen LogP contribution is 2.40. The molecular weight excluding hydrogens is 590 g/mol. The predicted molar refractivity (Wildman–Crippen MR) is 153 cm³/mol. The lowest BCUT2D eigenvalue weighted by Crippen LogP contribution is -2.46. The molecule has 0 bridgehead atoms. The van der Waals surface area contributed by atoms with E-state index in [0.29, 0.717) is 34.0 Å². The second-order valence-corrected chi connectivity index (χ2v) is 13.3. The van der Waals surface area contributed by atoms with E-state index >= 15 is 0 Å². The summed E-state index contributed by atoms with van der Waals surface area (Å²) >= 11 is 1.08. The Hall–Kier alpha value is -2.74. The average molecular weight is 620 g/mol. The maximum Gasteiger partial charge on any atom is 0.573 e. The van der Waals surface area contributed by atoms with Crippen LogP contribution in [-0.2, 0) is 6.42 Å². The minimum Gasteiger partial charge on any atom is -0.404 e. The van der Waals surface area contributed by atoms with Gasteiger partial charge in [-0.1, -0.05) is 38.0 Å². The van der Waals surface area contributed by atoms with Gasteiger partial charge in [-0.2, -0.15) is 13.2 Å². The fourth-order valence-electron chi connectivity index (χ4n) is 4.59. The number of hydrogen-bond acceptors (Lipinski definition) is 5. The number of alkyl halides is 7. The standard InChI is InChI=1S/C28H29F7N3OPS/c1-38-13-11-21(20(29)16-38)37-23-7-4-6-18-19(15-27(30,31)32)25(41-26(18)23)8-5-12-36-22-10-9-17(40(2)3)14-24(22)39-28(33,34)35/h4,6-7,9-10,14,20-21,36-37H,11-13,15-16H2,1-3H3/t20-,21+/m1/s1. The summed E-state index contributed by atoms with van der Waals surface area (Å²) < 4.78 is 98.9. The molecule has 0 unspecified atom stereocenters. The molecule has 0 amide bonds. The van der Waals surface area contributed by atoms with Crippen LogP contribution in [0, 0.1) is 11.8 Å². The summed E-state index contributed by atoms with van der Waals surface area (Å²) in [5, 5.41) is 7.06. The summed E-state index contributed by atoms with van der Waals surface area (Å²) in [6.45, 7) is 4.62. The molecule has 1 saturated heterocycles. The van der Waals surface area contributed by atoms with E-state index in [0.717, 1.165) is 11.3 Å². The quantitative estimate of drug-likeness (QED) is 0.167. The fourth-order valence-corrected chi connectivity index (χ4v) is 6.51. The van der Waals surface area contributed by atoms with Gasteiger partial charge >= 0.3 is 12.5 Å². The van der Waals surface area contributed by atoms with Gasteiger partial charge in [0.15, 0.2) is 5.75 Å². The number of halogens is 7. The second kappa shape index (κ2) is 12.6. The highest BCUT2D eigenvalue weighted by Gasteiger charge is 2.33. The van der Waals surface area contributed by atoms with Crippen molar-refractivity contribution in [1.82, 2.24) is 4.90 Å². The third kappa shape index (κ3) is 8.40. The molecule has 4 rings (SSSR count). The minimum absolute atomic E-state index is 0.0125. The first-order valence-corrected chi connectivity index (χ1v) is 15.8. The van der Waals surface area contributed by atoms with Crippen LogP contribution in [0.2, 0.25) is 0 Å². The van der Waals surface area contributed by atoms with Crippen LogP contribution in [0.15, 0.2) is 36.4 Å². The Morgan fingerprint density at radius 3 is 2.51 bits per heavy atom. The highest BCUT2D eigenvalue weighted by molar-refractivity contribution is 7.64. The lowest BCUT2D eigenvalue weighted by Gasteiger charge is -2.33. The molecule has 4 nitrogen and oxygen atoms in total. The number of ether oxygens (including phenoxy) is 1. The molecule has 0 radical (unpaired) electrons. The van der Waals surface area contributed by atoms with Crippen molar-refractivity contribution >= 4 is 46.0 Å². The number of thiophene rings is 1. The van der Waals surface area contributed by atoms with Crippen molar-refractivity contribution in [3.8, 4) is 17.6 Å². The Morgan fingerprint density at radius 1 is 1.10 bits per heavy atom. The average Bonchev–Trinajstić information content (AvgIpc) is 3.19. The van der Waals surface area contributed by atoms with Gasteiger partial charge in [0, 0.05) is 13.1 Å². The van der Waals surface area contributed by atoms with Crippen LogP contribution in [0.3, 0.4) is 0 Å². The van der Waals surface area contributed by atoms with Gasteiger partial charge in [0.1, 0.15) is 6.17 Å². The van der Waals surface area contributed by atoms with Crippen LogP contribution in [0.25, 0.3) is 10.1 Å². The summed E-state index contributed by atoms with van der Waals surface area (Å²) in [7, 11) is 1.16. The van der Waals surface area contributed by atoms with E-state index in [4.69, 9.17) is 0 Å². The van der Waals surface area contributed by atoms with Crippen molar-refractivity contribution in [3.05, 3.63) is 46.8 Å². The van der Waals surface area contributed by atoms with Gasteiger partial charge < -0.3 is 20.3 Å². The zero-order valence-corrected chi connectivity index (χ0v) is 24.2. The van der Waals surface area contributed by atoms with E-state index in [-0.39, 0.29) is 29.2 Å². The van der Waals surface area contributed by atoms with Crippen LogP contribution < -0.4 is 20.7 Å². The molecule has 2 aromatic carbocycles. The monoisotopic (exact) mass is 619 g/mol. The van der Waals surface area contributed by atoms with Crippen LogP contribution in [0.1, 0.15) is 16.9 Å². The molecular formula is C28H29F7N3OPS. The molecule has 222 valence electrons. The van der Waals surface area contributed by atoms with Crippen molar-refractivity contribution in [2.45, 2.75) is 37.6 Å². The molecule has 0 spiro atoms. The van der Waals surface area contributed by atoms with E-state index in [1.165, 1.54) is 12.1 Å². The maximum absolute atomic E-state index is 14.7. The number of rotatable bonds is 7. The number of piperidine rings is 1. The number of hydrogen-bond donors (Lipinski definition) is 2. The van der Waals surface area contributed by atoms with Crippen LogP contribution in [0.4, 0.5) is 42.1 Å². The number of nitrogens with zero attached hydrogens (tertiary/aromatic N) is 1. The molecule has 1 aliphatic heterocycles. The Kier molecular flexibility index (Phi) is 9.62. The summed E-state index contributed by atoms with van der Waals surface area (Å²) in [4.78, 5) is 2.08. The molecule has 13 heteroatoms. The Bertz CT molecular complexity index is 1430. The van der Waals surface area contributed by atoms with Gasteiger partial charge in [-0.05, 0) is 61.3 Å². The number of fused-ring (bicyclic) bond motifs is 1. The zero-order chi connectivity index (χ0) is 29.9. The van der Waals surface area contributed by atoms with E-state index in [1.54, 1.807) is 24.3 Å². The molecule has 0 aliphatic carbocycles. The van der Waals surface area contributed by atoms with Crippen molar-refractivity contribution in [1.29, 1.82) is 0 Å².